The fourth-order valence-electron chi connectivity index (χ4n) is 1.53. The average Bonchev–Trinajstić information content (AvgIpc) is 2.86. The van der Waals surface area contributed by atoms with Crippen molar-refractivity contribution < 1.29 is 9.84 Å². The third kappa shape index (κ3) is 4.44. The summed E-state index contributed by atoms with van der Waals surface area (Å²) in [6.45, 7) is 2.73. The summed E-state index contributed by atoms with van der Waals surface area (Å²) in [4.78, 5) is 1.15. The first-order chi connectivity index (χ1) is 9.28. The Kier molecular flexibility index (Phi) is 5.02. The molecule has 0 atom stereocenters. The molecule has 0 aliphatic carbocycles. The molecule has 0 radical (unpaired) electrons. The molecule has 0 saturated heterocycles. The van der Waals surface area contributed by atoms with E-state index in [0.29, 0.717) is 13.0 Å². The maximum absolute atomic E-state index is 8.66. The number of ether oxygens (including phenoxy) is 1. The summed E-state index contributed by atoms with van der Waals surface area (Å²) in [6, 6.07) is 10.1. The van der Waals surface area contributed by atoms with E-state index < -0.39 is 0 Å². The Labute approximate surface area is 117 Å². The summed E-state index contributed by atoms with van der Waals surface area (Å²) < 4.78 is 5.71. The van der Waals surface area contributed by atoms with Crippen LogP contribution < -0.4 is 4.74 Å². The van der Waals surface area contributed by atoms with Gasteiger partial charge in [-0.15, -0.1) is 11.3 Å². The van der Waals surface area contributed by atoms with Crippen molar-refractivity contribution in [3.63, 3.8) is 0 Å². The molecule has 1 heterocycles. The van der Waals surface area contributed by atoms with Crippen molar-refractivity contribution in [1.29, 1.82) is 0 Å². The van der Waals surface area contributed by atoms with E-state index in [1.54, 1.807) is 11.3 Å². The molecule has 1 N–H and O–H groups in total. The van der Waals surface area contributed by atoms with E-state index in [0.717, 1.165) is 16.2 Å². The Hall–Kier alpha value is -1.76. The van der Waals surface area contributed by atoms with Gasteiger partial charge < -0.3 is 9.84 Å². The minimum absolute atomic E-state index is 0.112. The summed E-state index contributed by atoms with van der Waals surface area (Å²) in [5.74, 6) is 6.81. The average molecular weight is 272 g/mol. The SMILES string of the molecule is Cc1ccc(OCc2cc(C#CCCO)cs2)cc1. The summed E-state index contributed by atoms with van der Waals surface area (Å²) >= 11 is 1.64. The Balaban J connectivity index is 1.90. The van der Waals surface area contributed by atoms with Gasteiger partial charge in [-0.3, -0.25) is 0 Å². The maximum Gasteiger partial charge on any atom is 0.122 e. The van der Waals surface area contributed by atoms with Crippen molar-refractivity contribution in [3.05, 3.63) is 51.7 Å². The smallest absolute Gasteiger partial charge is 0.122 e. The quantitative estimate of drug-likeness (QED) is 0.865. The van der Waals surface area contributed by atoms with Crippen LogP contribution in [0.15, 0.2) is 35.7 Å². The third-order valence-electron chi connectivity index (χ3n) is 2.53. The van der Waals surface area contributed by atoms with Gasteiger partial charge >= 0.3 is 0 Å². The lowest BCUT2D eigenvalue weighted by Gasteiger charge is -2.04. The molecular weight excluding hydrogens is 256 g/mol. The van der Waals surface area contributed by atoms with E-state index in [9.17, 15) is 0 Å². The van der Waals surface area contributed by atoms with Gasteiger partial charge in [0, 0.05) is 22.2 Å². The number of thiophene rings is 1. The molecule has 0 saturated carbocycles. The third-order valence-corrected chi connectivity index (χ3v) is 3.44. The van der Waals surface area contributed by atoms with E-state index in [-0.39, 0.29) is 6.61 Å². The standard InChI is InChI=1S/C16H16O2S/c1-13-5-7-15(8-6-13)18-11-16-10-14(12-19-16)4-2-3-9-17/h5-8,10,12,17H,3,9,11H2,1H3. The van der Waals surface area contributed by atoms with E-state index in [2.05, 4.69) is 18.8 Å². The zero-order valence-electron chi connectivity index (χ0n) is 10.8. The normalized spacial score (nSPS) is 9.79. The monoisotopic (exact) mass is 272 g/mol. The number of rotatable bonds is 4. The summed E-state index contributed by atoms with van der Waals surface area (Å²) in [5.41, 5.74) is 2.21. The lowest BCUT2D eigenvalue weighted by atomic mass is 10.2. The summed E-state index contributed by atoms with van der Waals surface area (Å²) in [5, 5.41) is 10.7. The van der Waals surface area contributed by atoms with Crippen LogP contribution in [-0.4, -0.2) is 11.7 Å². The molecule has 98 valence electrons. The first kappa shape index (κ1) is 13.7. The zero-order chi connectivity index (χ0) is 13.5. The lowest BCUT2D eigenvalue weighted by molar-refractivity contribution is 0.305. The molecular formula is C16H16O2S. The molecule has 0 fully saturated rings. The first-order valence-electron chi connectivity index (χ1n) is 6.14. The van der Waals surface area contributed by atoms with E-state index in [4.69, 9.17) is 9.84 Å². The molecule has 0 aliphatic rings. The van der Waals surface area contributed by atoms with Gasteiger partial charge in [-0.25, -0.2) is 0 Å². The molecule has 2 nitrogen and oxygen atoms in total. The number of benzene rings is 1. The van der Waals surface area contributed by atoms with Crippen molar-refractivity contribution in [2.45, 2.75) is 20.0 Å². The van der Waals surface area contributed by atoms with Crippen LogP contribution in [0.25, 0.3) is 0 Å². The highest BCUT2D eigenvalue weighted by Gasteiger charge is 1.99. The van der Waals surface area contributed by atoms with Crippen LogP contribution in [-0.2, 0) is 6.61 Å². The lowest BCUT2D eigenvalue weighted by Crippen LogP contribution is -1.92. The van der Waals surface area contributed by atoms with Gasteiger partial charge in [0.2, 0.25) is 0 Å². The van der Waals surface area contributed by atoms with E-state index in [1.165, 1.54) is 5.56 Å². The second-order valence-corrected chi connectivity index (χ2v) is 5.17. The number of aliphatic hydroxyl groups excluding tert-OH is 1. The largest absolute Gasteiger partial charge is 0.488 e. The van der Waals surface area contributed by atoms with Gasteiger partial charge in [-0.2, -0.15) is 0 Å². The van der Waals surface area contributed by atoms with E-state index in [1.807, 2.05) is 35.7 Å². The Morgan fingerprint density at radius 2 is 2.05 bits per heavy atom. The molecule has 0 amide bonds. The molecule has 1 aromatic carbocycles. The Bertz CT molecular complexity index is 573. The van der Waals surface area contributed by atoms with Gasteiger partial charge in [0.05, 0.1) is 6.61 Å². The highest BCUT2D eigenvalue weighted by molar-refractivity contribution is 7.10. The van der Waals surface area contributed by atoms with Crippen molar-refractivity contribution in [2.24, 2.45) is 0 Å². The first-order valence-corrected chi connectivity index (χ1v) is 7.02. The minimum atomic E-state index is 0.112. The second-order valence-electron chi connectivity index (χ2n) is 4.18. The molecule has 2 aromatic rings. The maximum atomic E-state index is 8.66. The number of aliphatic hydroxyl groups is 1. The van der Waals surface area contributed by atoms with Crippen LogP contribution in [0.4, 0.5) is 0 Å². The fourth-order valence-corrected chi connectivity index (χ4v) is 2.26. The number of hydrogen-bond acceptors (Lipinski definition) is 3. The van der Waals surface area contributed by atoms with Crippen LogP contribution >= 0.6 is 11.3 Å². The second kappa shape index (κ2) is 6.98. The van der Waals surface area contributed by atoms with E-state index >= 15 is 0 Å². The topological polar surface area (TPSA) is 29.5 Å². The summed E-state index contributed by atoms with van der Waals surface area (Å²) in [7, 11) is 0. The van der Waals surface area contributed by atoms with Crippen molar-refractivity contribution in [2.75, 3.05) is 6.61 Å². The number of aryl methyl sites for hydroxylation is 1. The molecule has 2 rings (SSSR count). The summed E-state index contributed by atoms with van der Waals surface area (Å²) in [6.07, 6.45) is 0.519. The highest BCUT2D eigenvalue weighted by atomic mass is 32.1. The van der Waals surface area contributed by atoms with Gasteiger partial charge in [-0.05, 0) is 25.1 Å². The minimum Gasteiger partial charge on any atom is -0.488 e. The van der Waals surface area contributed by atoms with Gasteiger partial charge in [0.1, 0.15) is 12.4 Å². The molecule has 0 spiro atoms. The van der Waals surface area contributed by atoms with Gasteiger partial charge in [0.15, 0.2) is 0 Å². The van der Waals surface area contributed by atoms with Crippen LogP contribution in [0, 0.1) is 18.8 Å². The Morgan fingerprint density at radius 3 is 2.79 bits per heavy atom. The highest BCUT2D eigenvalue weighted by Crippen LogP contribution is 2.18. The fraction of sp³-hybridized carbons (Fsp3) is 0.250. The molecule has 0 aliphatic heterocycles. The molecule has 19 heavy (non-hydrogen) atoms. The van der Waals surface area contributed by atoms with Gasteiger partial charge in [-0.1, -0.05) is 29.5 Å². The molecule has 0 bridgehead atoms. The predicted molar refractivity (Wildman–Crippen MR) is 78.4 cm³/mol. The van der Waals surface area contributed by atoms with Crippen molar-refractivity contribution >= 4 is 11.3 Å². The van der Waals surface area contributed by atoms with Crippen molar-refractivity contribution in [1.82, 2.24) is 0 Å². The molecule has 3 heteroatoms. The number of hydrogen-bond donors (Lipinski definition) is 1. The van der Waals surface area contributed by atoms with Crippen molar-refractivity contribution in [3.8, 4) is 17.6 Å². The van der Waals surface area contributed by atoms with Crippen LogP contribution in [0.1, 0.15) is 22.4 Å². The molecule has 1 aromatic heterocycles. The molecule has 0 unspecified atom stereocenters. The van der Waals surface area contributed by atoms with Crippen LogP contribution in [0.3, 0.4) is 0 Å². The van der Waals surface area contributed by atoms with Gasteiger partial charge in [0.25, 0.3) is 0 Å². The zero-order valence-corrected chi connectivity index (χ0v) is 11.7. The predicted octanol–water partition coefficient (Wildman–Crippen LogP) is 3.37. The van der Waals surface area contributed by atoms with Crippen LogP contribution in [0.5, 0.6) is 5.75 Å². The Morgan fingerprint density at radius 1 is 1.26 bits per heavy atom. The van der Waals surface area contributed by atoms with Crippen LogP contribution in [0.2, 0.25) is 0 Å².